The fourth-order valence-electron chi connectivity index (χ4n) is 5.00. The van der Waals surface area contributed by atoms with E-state index >= 15 is 0 Å². The highest BCUT2D eigenvalue weighted by atomic mass is 32.1. The molecule has 236 valence electrons. The van der Waals surface area contributed by atoms with Crippen molar-refractivity contribution < 1.29 is 13.2 Å². The zero-order chi connectivity index (χ0) is 32.1. The fourth-order valence-corrected chi connectivity index (χ4v) is 5.79. The summed E-state index contributed by atoms with van der Waals surface area (Å²) >= 11 is 0.880. The van der Waals surface area contributed by atoms with E-state index < -0.39 is 12.6 Å². The minimum absolute atomic E-state index is 0.0843. The lowest BCUT2D eigenvalue weighted by atomic mass is 10.1. The van der Waals surface area contributed by atoms with Gasteiger partial charge in [-0.05, 0) is 61.9 Å². The van der Waals surface area contributed by atoms with Crippen molar-refractivity contribution in [1.29, 1.82) is 0 Å². The molecule has 8 nitrogen and oxygen atoms in total. The van der Waals surface area contributed by atoms with Gasteiger partial charge in [0.1, 0.15) is 5.01 Å². The monoisotopic (exact) mass is 642 g/mol. The van der Waals surface area contributed by atoms with Gasteiger partial charge in [-0.2, -0.15) is 13.2 Å². The number of alkyl halides is 3. The van der Waals surface area contributed by atoms with E-state index in [0.717, 1.165) is 67.7 Å². The average molecular weight is 643 g/mol. The number of hydrogen-bond donors (Lipinski definition) is 6. The first kappa shape index (κ1) is 30.8. The number of hydrogen-bond acceptors (Lipinski definition) is 9. The van der Waals surface area contributed by atoms with Crippen molar-refractivity contribution >= 4 is 72.1 Å². The normalized spacial score (nSPS) is 12.1. The molecular weight excluding hydrogens is 609 g/mol. The fraction of sp³-hybridized carbons (Fsp3) is 0.176. The van der Waals surface area contributed by atoms with Crippen molar-refractivity contribution in [3.05, 3.63) is 102 Å². The SMILES string of the molecule is CCC(C)Nc1ccc(NNc2ccc(NNc3ccc(Nc4nnc(CC(F)(F)F)s4)cc3)c3ccccc23)c2ccccc12. The number of hydrazine groups is 2. The van der Waals surface area contributed by atoms with Crippen LogP contribution in [0.1, 0.15) is 25.3 Å². The van der Waals surface area contributed by atoms with Crippen molar-refractivity contribution in [3.8, 4) is 0 Å². The zero-order valence-electron chi connectivity index (χ0n) is 25.2. The van der Waals surface area contributed by atoms with Crippen LogP contribution in [0.2, 0.25) is 0 Å². The Labute approximate surface area is 268 Å². The highest BCUT2D eigenvalue weighted by molar-refractivity contribution is 7.15. The van der Waals surface area contributed by atoms with Gasteiger partial charge in [-0.25, -0.2) is 0 Å². The van der Waals surface area contributed by atoms with Gasteiger partial charge in [0.05, 0.1) is 29.2 Å². The van der Waals surface area contributed by atoms with E-state index in [1.54, 1.807) is 0 Å². The van der Waals surface area contributed by atoms with E-state index in [0.29, 0.717) is 16.9 Å². The molecule has 1 unspecified atom stereocenters. The molecule has 5 aromatic carbocycles. The molecule has 0 aliphatic carbocycles. The second kappa shape index (κ2) is 13.4. The Balaban J connectivity index is 1.12. The molecule has 0 spiro atoms. The van der Waals surface area contributed by atoms with E-state index in [1.807, 2.05) is 54.6 Å². The van der Waals surface area contributed by atoms with Crippen molar-refractivity contribution in [2.24, 2.45) is 0 Å². The van der Waals surface area contributed by atoms with Crippen LogP contribution in [-0.4, -0.2) is 22.4 Å². The number of nitrogens with zero attached hydrogens (tertiary/aromatic N) is 2. The van der Waals surface area contributed by atoms with Crippen LogP contribution in [0.15, 0.2) is 97.1 Å². The van der Waals surface area contributed by atoms with Crippen molar-refractivity contribution in [3.63, 3.8) is 0 Å². The Morgan fingerprint density at radius 1 is 0.630 bits per heavy atom. The number of anilines is 7. The number of benzene rings is 5. The van der Waals surface area contributed by atoms with Crippen molar-refractivity contribution in [1.82, 2.24) is 10.2 Å². The van der Waals surface area contributed by atoms with E-state index in [2.05, 4.69) is 98.8 Å². The Bertz CT molecular complexity index is 1940. The molecule has 0 aliphatic rings. The molecule has 0 radical (unpaired) electrons. The number of halogens is 3. The van der Waals surface area contributed by atoms with Gasteiger partial charge < -0.3 is 32.3 Å². The van der Waals surface area contributed by atoms with E-state index in [1.165, 1.54) is 0 Å². The van der Waals surface area contributed by atoms with Crippen LogP contribution in [0.4, 0.5) is 52.4 Å². The molecule has 12 heteroatoms. The predicted molar refractivity (Wildman–Crippen MR) is 185 cm³/mol. The molecule has 46 heavy (non-hydrogen) atoms. The molecule has 6 N–H and O–H groups in total. The summed E-state index contributed by atoms with van der Waals surface area (Å²) in [6.45, 7) is 4.35. The number of fused-ring (bicyclic) bond motifs is 2. The topological polar surface area (TPSA) is 98.0 Å². The summed E-state index contributed by atoms with van der Waals surface area (Å²) < 4.78 is 37.8. The van der Waals surface area contributed by atoms with Gasteiger partial charge in [-0.15, -0.1) is 10.2 Å². The van der Waals surface area contributed by atoms with Crippen LogP contribution in [0, 0.1) is 0 Å². The van der Waals surface area contributed by atoms with Gasteiger partial charge in [0.25, 0.3) is 0 Å². The van der Waals surface area contributed by atoms with Gasteiger partial charge in [-0.1, -0.05) is 66.8 Å². The second-order valence-electron chi connectivity index (χ2n) is 10.9. The summed E-state index contributed by atoms with van der Waals surface area (Å²) in [4.78, 5) is 0. The lowest BCUT2D eigenvalue weighted by Crippen LogP contribution is -2.14. The first-order chi connectivity index (χ1) is 22.3. The Kier molecular flexibility index (Phi) is 8.97. The first-order valence-electron chi connectivity index (χ1n) is 14.9. The quantitative estimate of drug-likeness (QED) is 0.0735. The molecular formula is C34H33F3N8S. The maximum Gasteiger partial charge on any atom is 0.395 e. The van der Waals surface area contributed by atoms with E-state index in [9.17, 15) is 13.2 Å². The van der Waals surface area contributed by atoms with Gasteiger partial charge in [0.2, 0.25) is 5.13 Å². The maximum absolute atomic E-state index is 12.6. The van der Waals surface area contributed by atoms with Crippen LogP contribution in [0.3, 0.4) is 0 Å². The third-order valence-corrected chi connectivity index (χ3v) is 8.33. The molecule has 0 aliphatic heterocycles. The average Bonchev–Trinajstić information content (AvgIpc) is 3.49. The van der Waals surface area contributed by atoms with Crippen molar-refractivity contribution in [2.45, 2.75) is 38.9 Å². The van der Waals surface area contributed by atoms with Gasteiger partial charge in [-0.3, -0.25) is 0 Å². The highest BCUT2D eigenvalue weighted by Gasteiger charge is 2.29. The third-order valence-electron chi connectivity index (χ3n) is 7.49. The molecule has 0 saturated heterocycles. The number of aromatic nitrogens is 2. The molecule has 6 rings (SSSR count). The zero-order valence-corrected chi connectivity index (χ0v) is 26.0. The first-order valence-corrected chi connectivity index (χ1v) is 15.7. The molecule has 0 bridgehead atoms. The molecule has 0 amide bonds. The third kappa shape index (κ3) is 7.35. The summed E-state index contributed by atoms with van der Waals surface area (Å²) in [5.74, 6) is 0. The lowest BCUT2D eigenvalue weighted by Gasteiger charge is -2.19. The maximum atomic E-state index is 12.6. The predicted octanol–water partition coefficient (Wildman–Crippen LogP) is 9.78. The standard InChI is InChI=1S/C34H33F3N8S/c1-3-21(2)38-28-16-17-30(25-9-5-4-8-24(25)28)42-43-31-19-18-29(26-10-6-7-11-27(26)31)41-40-23-14-12-22(13-15-23)39-33-45-44-32(46-33)20-34(35,36)37/h4-19,21,38,40-43H,3,20H2,1-2H3,(H,39,45). The van der Waals surface area contributed by atoms with Gasteiger partial charge >= 0.3 is 6.18 Å². The van der Waals surface area contributed by atoms with Crippen molar-refractivity contribution in [2.75, 3.05) is 32.3 Å². The summed E-state index contributed by atoms with van der Waals surface area (Å²) in [5, 5.41) is 18.6. The summed E-state index contributed by atoms with van der Waals surface area (Å²) in [6, 6.07) is 32.4. The largest absolute Gasteiger partial charge is 0.395 e. The lowest BCUT2D eigenvalue weighted by molar-refractivity contribution is -0.127. The molecule has 1 atom stereocenters. The Morgan fingerprint density at radius 3 is 1.63 bits per heavy atom. The van der Waals surface area contributed by atoms with Crippen LogP contribution in [0.25, 0.3) is 21.5 Å². The van der Waals surface area contributed by atoms with Crippen LogP contribution < -0.4 is 32.3 Å². The number of nitrogens with one attached hydrogen (secondary N) is 6. The van der Waals surface area contributed by atoms with Gasteiger partial charge in [0, 0.05) is 39.0 Å². The molecule has 0 fully saturated rings. The molecule has 6 aromatic rings. The van der Waals surface area contributed by atoms with Gasteiger partial charge in [0.15, 0.2) is 0 Å². The Hall–Kier alpha value is -5.23. The number of rotatable bonds is 12. The van der Waals surface area contributed by atoms with Crippen LogP contribution in [-0.2, 0) is 6.42 Å². The van der Waals surface area contributed by atoms with E-state index in [-0.39, 0.29) is 5.01 Å². The summed E-state index contributed by atoms with van der Waals surface area (Å²) in [5.41, 5.74) is 18.8. The molecule has 1 aromatic heterocycles. The van der Waals surface area contributed by atoms with E-state index in [4.69, 9.17) is 0 Å². The second-order valence-corrected chi connectivity index (χ2v) is 11.9. The van der Waals surface area contributed by atoms with Crippen LogP contribution in [0.5, 0.6) is 0 Å². The minimum Gasteiger partial charge on any atom is -0.382 e. The smallest absolute Gasteiger partial charge is 0.382 e. The minimum atomic E-state index is -4.32. The van der Waals surface area contributed by atoms with Crippen LogP contribution >= 0.6 is 11.3 Å². The Morgan fingerprint density at radius 2 is 1.11 bits per heavy atom. The summed E-state index contributed by atoms with van der Waals surface area (Å²) in [6.07, 6.45) is -4.37. The summed E-state index contributed by atoms with van der Waals surface area (Å²) in [7, 11) is 0. The highest BCUT2D eigenvalue weighted by Crippen LogP contribution is 2.34. The molecule has 1 heterocycles. The molecule has 0 saturated carbocycles.